The molecule has 2 heterocycles. The number of nitrogens with zero attached hydrogens (tertiary/aromatic N) is 4. The van der Waals surface area contributed by atoms with Gasteiger partial charge in [0.1, 0.15) is 6.07 Å². The van der Waals surface area contributed by atoms with E-state index in [9.17, 15) is 0 Å². The number of rotatable bonds is 2. The molecule has 2 aromatic rings. The van der Waals surface area contributed by atoms with Gasteiger partial charge in [0.15, 0.2) is 6.10 Å². The Balaban J connectivity index is 1.84. The zero-order valence-electron chi connectivity index (χ0n) is 12.3. The highest BCUT2D eigenvalue weighted by Gasteiger charge is 2.30. The third kappa shape index (κ3) is 2.91. The molecule has 0 amide bonds. The molecule has 0 unspecified atom stereocenters. The van der Waals surface area contributed by atoms with E-state index in [0.717, 1.165) is 12.2 Å². The Morgan fingerprint density at radius 1 is 1.36 bits per heavy atom. The molecule has 1 fully saturated rings. The van der Waals surface area contributed by atoms with Crippen LogP contribution in [-0.4, -0.2) is 29.4 Å². The van der Waals surface area contributed by atoms with Gasteiger partial charge >= 0.3 is 0 Å². The fourth-order valence-electron chi connectivity index (χ4n) is 2.53. The van der Waals surface area contributed by atoms with Crippen molar-refractivity contribution in [3.8, 4) is 6.07 Å². The molecular formula is C15H15ClN4O2. The second-order valence-electron chi connectivity index (χ2n) is 5.28. The highest BCUT2D eigenvalue weighted by atomic mass is 35.5. The lowest BCUT2D eigenvalue weighted by molar-refractivity contribution is -0.0311. The zero-order chi connectivity index (χ0) is 15.7. The normalized spacial score (nSPS) is 21.6. The van der Waals surface area contributed by atoms with Crippen molar-refractivity contribution in [1.82, 2.24) is 10.2 Å². The Morgan fingerprint density at radius 3 is 2.82 bits per heavy atom. The van der Waals surface area contributed by atoms with Crippen LogP contribution in [0.4, 0.5) is 5.69 Å². The number of hydrogen-bond acceptors (Lipinski definition) is 6. The first kappa shape index (κ1) is 14.8. The fraction of sp³-hybridized carbons (Fsp3) is 0.400. The van der Waals surface area contributed by atoms with Gasteiger partial charge in [0.05, 0.1) is 23.2 Å². The Kier molecular flexibility index (Phi) is 4.01. The second kappa shape index (κ2) is 5.95. The first-order valence-electron chi connectivity index (χ1n) is 6.97. The van der Waals surface area contributed by atoms with Crippen molar-refractivity contribution in [3.05, 3.63) is 40.6 Å². The van der Waals surface area contributed by atoms with E-state index in [0.29, 0.717) is 28.9 Å². The third-order valence-electron chi connectivity index (χ3n) is 3.52. The molecule has 22 heavy (non-hydrogen) atoms. The van der Waals surface area contributed by atoms with Crippen LogP contribution in [0.2, 0.25) is 5.02 Å². The maximum atomic E-state index is 8.96. The van der Waals surface area contributed by atoms with Gasteiger partial charge in [-0.1, -0.05) is 11.6 Å². The van der Waals surface area contributed by atoms with Crippen molar-refractivity contribution in [2.24, 2.45) is 0 Å². The topological polar surface area (TPSA) is 75.2 Å². The maximum Gasteiger partial charge on any atom is 0.247 e. The lowest BCUT2D eigenvalue weighted by atomic mass is 10.1. The van der Waals surface area contributed by atoms with Gasteiger partial charge in [-0.05, 0) is 25.1 Å². The van der Waals surface area contributed by atoms with Gasteiger partial charge in [0, 0.05) is 19.2 Å². The molecule has 114 valence electrons. The van der Waals surface area contributed by atoms with E-state index in [1.165, 1.54) is 0 Å². The van der Waals surface area contributed by atoms with Crippen molar-refractivity contribution in [2.45, 2.75) is 26.1 Å². The molecule has 3 rings (SSSR count). The summed E-state index contributed by atoms with van der Waals surface area (Å²) in [7, 11) is 0. The molecule has 6 nitrogen and oxygen atoms in total. The summed E-state index contributed by atoms with van der Waals surface area (Å²) in [5, 5.41) is 17.3. The first-order valence-corrected chi connectivity index (χ1v) is 7.34. The Labute approximate surface area is 133 Å². The SMILES string of the molecule is Cc1nnc([C@H]2CN(c3ccc(C#N)c(Cl)c3)C[C@@H](C)O2)o1. The number of aryl methyl sites for hydroxylation is 1. The van der Waals surface area contributed by atoms with E-state index in [-0.39, 0.29) is 12.2 Å². The molecule has 2 atom stereocenters. The van der Waals surface area contributed by atoms with Crippen LogP contribution in [0.3, 0.4) is 0 Å². The predicted octanol–water partition coefficient (Wildman–Crippen LogP) is 2.87. The Hall–Kier alpha value is -2.10. The molecule has 0 spiro atoms. The summed E-state index contributed by atoms with van der Waals surface area (Å²) in [5.41, 5.74) is 1.41. The van der Waals surface area contributed by atoms with Crippen LogP contribution in [0.25, 0.3) is 0 Å². The summed E-state index contributed by atoms with van der Waals surface area (Å²) in [4.78, 5) is 2.14. The number of nitriles is 1. The number of halogens is 1. The highest BCUT2D eigenvalue weighted by molar-refractivity contribution is 6.32. The van der Waals surface area contributed by atoms with Gasteiger partial charge < -0.3 is 14.1 Å². The molecule has 0 bridgehead atoms. The van der Waals surface area contributed by atoms with Crippen LogP contribution in [0, 0.1) is 18.3 Å². The van der Waals surface area contributed by atoms with Gasteiger partial charge in [-0.3, -0.25) is 0 Å². The Bertz CT molecular complexity index is 725. The van der Waals surface area contributed by atoms with Crippen LogP contribution in [0.15, 0.2) is 22.6 Å². The minimum absolute atomic E-state index is 0.0142. The van der Waals surface area contributed by atoms with Crippen molar-refractivity contribution in [1.29, 1.82) is 5.26 Å². The van der Waals surface area contributed by atoms with Crippen LogP contribution in [0.1, 0.15) is 30.4 Å². The van der Waals surface area contributed by atoms with Gasteiger partial charge in [-0.15, -0.1) is 10.2 Å². The molecule has 0 saturated carbocycles. The monoisotopic (exact) mass is 318 g/mol. The standard InChI is InChI=1S/C15H15ClN4O2/c1-9-7-20(12-4-3-11(6-17)13(16)5-12)8-14(21-9)15-19-18-10(2)22-15/h3-5,9,14H,7-8H2,1-2H3/t9-,14-/m1/s1. The smallest absolute Gasteiger partial charge is 0.247 e. The quantitative estimate of drug-likeness (QED) is 0.847. The summed E-state index contributed by atoms with van der Waals surface area (Å²) in [6.45, 7) is 5.06. The molecule has 7 heteroatoms. The third-order valence-corrected chi connectivity index (χ3v) is 3.83. The lowest BCUT2D eigenvalue weighted by Crippen LogP contribution is -2.43. The van der Waals surface area contributed by atoms with E-state index < -0.39 is 0 Å². The average Bonchev–Trinajstić information content (AvgIpc) is 2.93. The zero-order valence-corrected chi connectivity index (χ0v) is 13.0. The molecule has 1 saturated heterocycles. The number of ether oxygens (including phenoxy) is 1. The van der Waals surface area contributed by atoms with Gasteiger partial charge in [0.25, 0.3) is 0 Å². The van der Waals surface area contributed by atoms with Crippen molar-refractivity contribution < 1.29 is 9.15 Å². The van der Waals surface area contributed by atoms with E-state index in [2.05, 4.69) is 21.2 Å². The molecule has 1 aliphatic heterocycles. The minimum Gasteiger partial charge on any atom is -0.423 e. The summed E-state index contributed by atoms with van der Waals surface area (Å²) >= 11 is 6.12. The van der Waals surface area contributed by atoms with Gasteiger partial charge in [-0.2, -0.15) is 5.26 Å². The van der Waals surface area contributed by atoms with Crippen LogP contribution < -0.4 is 4.90 Å². The molecule has 1 aliphatic rings. The lowest BCUT2D eigenvalue weighted by Gasteiger charge is -2.36. The second-order valence-corrected chi connectivity index (χ2v) is 5.68. The first-order chi connectivity index (χ1) is 10.6. The summed E-state index contributed by atoms with van der Waals surface area (Å²) < 4.78 is 11.4. The number of anilines is 1. The van der Waals surface area contributed by atoms with E-state index in [4.69, 9.17) is 26.0 Å². The van der Waals surface area contributed by atoms with Crippen LogP contribution in [0.5, 0.6) is 0 Å². The summed E-state index contributed by atoms with van der Waals surface area (Å²) in [6, 6.07) is 7.48. The van der Waals surface area contributed by atoms with E-state index >= 15 is 0 Å². The highest BCUT2D eigenvalue weighted by Crippen LogP contribution is 2.30. The molecule has 0 radical (unpaired) electrons. The largest absolute Gasteiger partial charge is 0.423 e. The van der Waals surface area contributed by atoms with Crippen LogP contribution in [-0.2, 0) is 4.74 Å². The van der Waals surface area contributed by atoms with Gasteiger partial charge in [0.2, 0.25) is 11.8 Å². The number of aromatic nitrogens is 2. The van der Waals surface area contributed by atoms with Crippen LogP contribution >= 0.6 is 11.6 Å². The van der Waals surface area contributed by atoms with E-state index in [1.807, 2.05) is 13.0 Å². The Morgan fingerprint density at radius 2 is 2.18 bits per heavy atom. The summed E-state index contributed by atoms with van der Waals surface area (Å²) in [6.07, 6.45) is -0.264. The minimum atomic E-state index is -0.278. The predicted molar refractivity (Wildman–Crippen MR) is 80.7 cm³/mol. The van der Waals surface area contributed by atoms with Gasteiger partial charge in [-0.25, -0.2) is 0 Å². The average molecular weight is 319 g/mol. The molecule has 1 aromatic carbocycles. The summed E-state index contributed by atoms with van der Waals surface area (Å²) in [5.74, 6) is 0.999. The molecule has 0 N–H and O–H groups in total. The maximum absolute atomic E-state index is 8.96. The van der Waals surface area contributed by atoms with Crippen molar-refractivity contribution in [2.75, 3.05) is 18.0 Å². The van der Waals surface area contributed by atoms with Crippen molar-refractivity contribution >= 4 is 17.3 Å². The molecule has 0 aliphatic carbocycles. The fourth-order valence-corrected chi connectivity index (χ4v) is 2.75. The van der Waals surface area contributed by atoms with Crippen molar-refractivity contribution in [3.63, 3.8) is 0 Å². The number of hydrogen-bond donors (Lipinski definition) is 0. The molecular weight excluding hydrogens is 304 g/mol. The molecule has 1 aromatic heterocycles. The number of morpholine rings is 1. The van der Waals surface area contributed by atoms with E-state index in [1.54, 1.807) is 19.1 Å². The number of benzene rings is 1.